The van der Waals surface area contributed by atoms with Crippen LogP contribution < -0.4 is 16.6 Å². The van der Waals surface area contributed by atoms with Gasteiger partial charge in [-0.2, -0.15) is 0 Å². The molecule has 1 aromatic carbocycles. The zero-order chi connectivity index (χ0) is 15.9. The molecule has 0 amide bonds. The van der Waals surface area contributed by atoms with Crippen LogP contribution in [0.2, 0.25) is 0 Å². The summed E-state index contributed by atoms with van der Waals surface area (Å²) in [6.45, 7) is 4.63. The molecule has 0 saturated carbocycles. The fourth-order valence-electron chi connectivity index (χ4n) is 2.23. The maximum Gasteiger partial charge on any atom is 0.327 e. The first-order valence-corrected chi connectivity index (χ1v) is 7.35. The molecule has 3 rings (SSSR count). The van der Waals surface area contributed by atoms with Crippen molar-refractivity contribution >= 4 is 16.7 Å². The molecule has 0 bridgehead atoms. The molecule has 2 heterocycles. The molecule has 0 aliphatic rings. The fraction of sp³-hybridized carbons (Fsp3) is 0.250. The lowest BCUT2D eigenvalue weighted by Gasteiger charge is -2.04. The number of para-hydroxylation sites is 1. The van der Waals surface area contributed by atoms with Gasteiger partial charge in [0.05, 0.1) is 0 Å². The summed E-state index contributed by atoms with van der Waals surface area (Å²) in [5, 5.41) is 4.23. The van der Waals surface area contributed by atoms with Gasteiger partial charge in [-0.3, -0.25) is 14.8 Å². The number of nitrogens with one attached hydrogen (secondary N) is 4. The van der Waals surface area contributed by atoms with Gasteiger partial charge < -0.3 is 10.3 Å². The molecule has 2 aromatic heterocycles. The molecule has 0 unspecified atom stereocenters. The molecular formula is C16H20N4O2. The molecule has 0 atom stereocenters. The molecule has 116 valence electrons. The van der Waals surface area contributed by atoms with E-state index in [0.29, 0.717) is 12.4 Å². The maximum absolute atomic E-state index is 11.2. The van der Waals surface area contributed by atoms with E-state index >= 15 is 0 Å². The number of hydrogen-bond donors (Lipinski definition) is 4. The van der Waals surface area contributed by atoms with Crippen LogP contribution in [-0.2, 0) is 6.42 Å². The Labute approximate surface area is 127 Å². The summed E-state index contributed by atoms with van der Waals surface area (Å²) in [6, 6.07) is 9.41. The van der Waals surface area contributed by atoms with Crippen LogP contribution in [0.1, 0.15) is 19.4 Å². The number of rotatable bonds is 4. The van der Waals surface area contributed by atoms with Gasteiger partial charge in [0, 0.05) is 29.7 Å². The van der Waals surface area contributed by atoms with Crippen LogP contribution in [0, 0.1) is 0 Å². The predicted octanol–water partition coefficient (Wildman–Crippen LogP) is 2.23. The van der Waals surface area contributed by atoms with Crippen molar-refractivity contribution in [2.45, 2.75) is 20.3 Å². The van der Waals surface area contributed by atoms with E-state index in [2.05, 4.69) is 26.3 Å². The Bertz CT molecular complexity index is 816. The van der Waals surface area contributed by atoms with Crippen molar-refractivity contribution in [3.63, 3.8) is 0 Å². The van der Waals surface area contributed by atoms with E-state index in [1.807, 2.05) is 38.2 Å². The summed E-state index contributed by atoms with van der Waals surface area (Å²) in [5.41, 5.74) is 1.38. The third-order valence-electron chi connectivity index (χ3n) is 3.15. The minimum atomic E-state index is -0.507. The van der Waals surface area contributed by atoms with Gasteiger partial charge in [-0.15, -0.1) is 0 Å². The van der Waals surface area contributed by atoms with Crippen molar-refractivity contribution in [3.05, 3.63) is 62.9 Å². The highest BCUT2D eigenvalue weighted by atomic mass is 16.2. The molecule has 4 N–H and O–H groups in total. The lowest BCUT2D eigenvalue weighted by atomic mass is 10.1. The summed E-state index contributed by atoms with van der Waals surface area (Å²) in [5.74, 6) is 0.429. The number of hydrogen-bond acceptors (Lipinski definition) is 3. The molecule has 6 nitrogen and oxygen atoms in total. The van der Waals surface area contributed by atoms with E-state index in [1.54, 1.807) is 0 Å². The summed E-state index contributed by atoms with van der Waals surface area (Å²) in [4.78, 5) is 30.2. The molecule has 22 heavy (non-hydrogen) atoms. The molecule has 0 aliphatic carbocycles. The highest BCUT2D eigenvalue weighted by Gasteiger charge is 2.02. The third-order valence-corrected chi connectivity index (χ3v) is 3.15. The SMILES string of the molecule is CC.O=c1cc(NCCc2c[nH]c3ccccc23)[nH]c(=O)[nH]1. The smallest absolute Gasteiger partial charge is 0.327 e. The summed E-state index contributed by atoms with van der Waals surface area (Å²) < 4.78 is 0. The van der Waals surface area contributed by atoms with Gasteiger partial charge >= 0.3 is 5.69 Å². The predicted molar refractivity (Wildman–Crippen MR) is 89.5 cm³/mol. The molecule has 0 fully saturated rings. The monoisotopic (exact) mass is 300 g/mol. The zero-order valence-electron chi connectivity index (χ0n) is 12.7. The van der Waals surface area contributed by atoms with E-state index < -0.39 is 11.2 Å². The zero-order valence-corrected chi connectivity index (χ0v) is 12.7. The van der Waals surface area contributed by atoms with Gasteiger partial charge in [-0.05, 0) is 18.1 Å². The molecule has 0 radical (unpaired) electrons. The van der Waals surface area contributed by atoms with E-state index in [1.165, 1.54) is 17.0 Å². The maximum atomic E-state index is 11.2. The molecule has 0 aliphatic heterocycles. The van der Waals surface area contributed by atoms with E-state index in [9.17, 15) is 9.59 Å². The molecule has 0 spiro atoms. The highest BCUT2D eigenvalue weighted by Crippen LogP contribution is 2.17. The average Bonchev–Trinajstić information content (AvgIpc) is 2.92. The lowest BCUT2D eigenvalue weighted by molar-refractivity contribution is 0.978. The highest BCUT2D eigenvalue weighted by molar-refractivity contribution is 5.83. The van der Waals surface area contributed by atoms with Crippen LogP contribution in [0.3, 0.4) is 0 Å². The number of anilines is 1. The first kappa shape index (κ1) is 15.6. The standard InChI is InChI=1S/C14H14N4O2.C2H6/c19-13-7-12(17-14(20)18-13)15-6-5-9-8-16-11-4-2-1-3-10(9)11;1-2/h1-4,7-8,16H,5-6H2,(H3,15,17,18,19,20);1-2H3. The summed E-state index contributed by atoms with van der Waals surface area (Å²) >= 11 is 0. The van der Waals surface area contributed by atoms with Crippen molar-refractivity contribution < 1.29 is 0 Å². The van der Waals surface area contributed by atoms with Crippen molar-refractivity contribution in [2.75, 3.05) is 11.9 Å². The number of benzene rings is 1. The van der Waals surface area contributed by atoms with Crippen LogP contribution in [-0.4, -0.2) is 21.5 Å². The van der Waals surface area contributed by atoms with Gasteiger partial charge in [-0.1, -0.05) is 32.0 Å². The van der Waals surface area contributed by atoms with Crippen LogP contribution >= 0.6 is 0 Å². The Morgan fingerprint density at radius 1 is 1.09 bits per heavy atom. The lowest BCUT2D eigenvalue weighted by Crippen LogP contribution is -2.23. The second-order valence-electron chi connectivity index (χ2n) is 4.54. The normalized spacial score (nSPS) is 10.1. The van der Waals surface area contributed by atoms with E-state index in [4.69, 9.17) is 0 Å². The number of fused-ring (bicyclic) bond motifs is 1. The number of H-pyrrole nitrogens is 3. The quantitative estimate of drug-likeness (QED) is 0.595. The summed E-state index contributed by atoms with van der Waals surface area (Å²) in [7, 11) is 0. The Morgan fingerprint density at radius 3 is 2.64 bits per heavy atom. The minimum absolute atomic E-state index is 0.414. The fourth-order valence-corrected chi connectivity index (χ4v) is 2.23. The number of aromatic amines is 3. The Morgan fingerprint density at radius 2 is 1.86 bits per heavy atom. The molecule has 3 aromatic rings. The van der Waals surface area contributed by atoms with Gasteiger partial charge in [-0.25, -0.2) is 4.79 Å². The van der Waals surface area contributed by atoms with Crippen molar-refractivity contribution in [3.8, 4) is 0 Å². The summed E-state index contributed by atoms with van der Waals surface area (Å²) in [6.07, 6.45) is 2.77. The van der Waals surface area contributed by atoms with Crippen molar-refractivity contribution in [2.24, 2.45) is 0 Å². The van der Waals surface area contributed by atoms with Crippen LogP contribution in [0.15, 0.2) is 46.1 Å². The van der Waals surface area contributed by atoms with Gasteiger partial charge in [0.2, 0.25) is 0 Å². The van der Waals surface area contributed by atoms with Crippen molar-refractivity contribution in [1.29, 1.82) is 0 Å². The van der Waals surface area contributed by atoms with Crippen LogP contribution in [0.25, 0.3) is 10.9 Å². The second kappa shape index (κ2) is 7.31. The largest absolute Gasteiger partial charge is 0.371 e. The van der Waals surface area contributed by atoms with Gasteiger partial charge in [0.15, 0.2) is 0 Å². The first-order valence-electron chi connectivity index (χ1n) is 7.35. The van der Waals surface area contributed by atoms with E-state index in [0.717, 1.165) is 11.9 Å². The average molecular weight is 300 g/mol. The topological polar surface area (TPSA) is 93.5 Å². The molecular weight excluding hydrogens is 280 g/mol. The first-order chi connectivity index (χ1) is 10.7. The Hall–Kier alpha value is -2.76. The van der Waals surface area contributed by atoms with Crippen LogP contribution in [0.5, 0.6) is 0 Å². The molecule has 0 saturated heterocycles. The van der Waals surface area contributed by atoms with E-state index in [-0.39, 0.29) is 0 Å². The van der Waals surface area contributed by atoms with Gasteiger partial charge in [0.25, 0.3) is 5.56 Å². The third kappa shape index (κ3) is 3.66. The van der Waals surface area contributed by atoms with Gasteiger partial charge in [0.1, 0.15) is 5.82 Å². The number of aromatic nitrogens is 3. The molecule has 6 heteroatoms. The minimum Gasteiger partial charge on any atom is -0.371 e. The van der Waals surface area contributed by atoms with Crippen LogP contribution in [0.4, 0.5) is 5.82 Å². The van der Waals surface area contributed by atoms with Crippen molar-refractivity contribution in [1.82, 2.24) is 15.0 Å². The Balaban J connectivity index is 0.000000847. The second-order valence-corrected chi connectivity index (χ2v) is 4.54. The Kier molecular flexibility index (Phi) is 5.19.